The number of carbonyl (C=O) groups excluding carboxylic acids is 1. The molecule has 0 spiro atoms. The zero-order valence-corrected chi connectivity index (χ0v) is 12.3. The smallest absolute Gasteiger partial charge is 0.237 e. The summed E-state index contributed by atoms with van der Waals surface area (Å²) in [6.45, 7) is 4.05. The topological polar surface area (TPSA) is 55.1 Å². The number of unbranched alkanes of at least 4 members (excludes halogenated alkanes) is 1. The Morgan fingerprint density at radius 1 is 1.56 bits per heavy atom. The molecule has 0 aliphatic heterocycles. The maximum Gasteiger partial charge on any atom is 0.237 e. The molecule has 0 aliphatic rings. The summed E-state index contributed by atoms with van der Waals surface area (Å²) in [7, 11) is 0. The number of nitrogen functional groups attached to an aromatic ring is 1. The molecule has 3 N–H and O–H groups in total. The van der Waals surface area contributed by atoms with Crippen LogP contribution in [0.3, 0.4) is 0 Å². The SMILES string of the molecule is CCCCSC(C)C(=O)Nc1ccc(Cl)c(N)c1. The Kier molecular flexibility index (Phi) is 6.36. The van der Waals surface area contributed by atoms with Gasteiger partial charge in [-0.3, -0.25) is 4.79 Å². The summed E-state index contributed by atoms with van der Waals surface area (Å²) in [4.78, 5) is 11.9. The first kappa shape index (κ1) is 15.2. The van der Waals surface area contributed by atoms with Gasteiger partial charge in [-0.05, 0) is 37.3 Å². The lowest BCUT2D eigenvalue weighted by molar-refractivity contribution is -0.115. The molecule has 0 saturated heterocycles. The number of nitrogens with one attached hydrogen (secondary N) is 1. The van der Waals surface area contributed by atoms with E-state index in [4.69, 9.17) is 17.3 Å². The standard InChI is InChI=1S/C13H19ClN2OS/c1-3-4-7-18-9(2)13(17)16-10-5-6-11(14)12(15)8-10/h5-6,8-9H,3-4,7,15H2,1-2H3,(H,16,17). The second-order valence-electron chi connectivity index (χ2n) is 4.09. The second kappa shape index (κ2) is 7.54. The minimum Gasteiger partial charge on any atom is -0.397 e. The van der Waals surface area contributed by atoms with Crippen LogP contribution >= 0.6 is 23.4 Å². The Bertz CT molecular complexity index is 412. The van der Waals surface area contributed by atoms with Gasteiger partial charge in [0.1, 0.15) is 0 Å². The molecule has 0 fully saturated rings. The number of thioether (sulfide) groups is 1. The Morgan fingerprint density at radius 2 is 2.28 bits per heavy atom. The maximum absolute atomic E-state index is 11.9. The van der Waals surface area contributed by atoms with Crippen molar-refractivity contribution in [1.29, 1.82) is 0 Å². The fourth-order valence-electron chi connectivity index (χ4n) is 1.35. The van der Waals surface area contributed by atoms with Gasteiger partial charge in [0.05, 0.1) is 16.0 Å². The van der Waals surface area contributed by atoms with Gasteiger partial charge in [-0.15, -0.1) is 11.8 Å². The minimum absolute atomic E-state index is 0.00201. The lowest BCUT2D eigenvalue weighted by atomic mass is 10.2. The molecule has 3 nitrogen and oxygen atoms in total. The van der Waals surface area contributed by atoms with Crippen LogP contribution < -0.4 is 11.1 Å². The molecule has 0 aliphatic carbocycles. The van der Waals surface area contributed by atoms with Crippen LogP contribution in [0.4, 0.5) is 11.4 Å². The van der Waals surface area contributed by atoms with Gasteiger partial charge in [0.15, 0.2) is 0 Å². The van der Waals surface area contributed by atoms with E-state index >= 15 is 0 Å². The van der Waals surface area contributed by atoms with Crippen LogP contribution in [-0.4, -0.2) is 16.9 Å². The van der Waals surface area contributed by atoms with Crippen LogP contribution in [0.1, 0.15) is 26.7 Å². The molecular formula is C13H19ClN2OS. The van der Waals surface area contributed by atoms with E-state index in [1.165, 1.54) is 0 Å². The van der Waals surface area contributed by atoms with Gasteiger partial charge >= 0.3 is 0 Å². The third kappa shape index (κ3) is 4.78. The number of amides is 1. The fraction of sp³-hybridized carbons (Fsp3) is 0.462. The monoisotopic (exact) mass is 286 g/mol. The van der Waals surface area contributed by atoms with Crippen molar-refractivity contribution < 1.29 is 4.79 Å². The molecule has 0 bridgehead atoms. The van der Waals surface area contributed by atoms with Gasteiger partial charge in [0.2, 0.25) is 5.91 Å². The van der Waals surface area contributed by atoms with Crippen molar-refractivity contribution in [1.82, 2.24) is 0 Å². The van der Waals surface area contributed by atoms with Crippen LogP contribution in [0.25, 0.3) is 0 Å². The first-order valence-electron chi connectivity index (χ1n) is 6.02. The molecule has 1 rings (SSSR count). The predicted molar refractivity (Wildman–Crippen MR) is 81.3 cm³/mol. The van der Waals surface area contributed by atoms with Gasteiger partial charge in [-0.2, -0.15) is 0 Å². The second-order valence-corrected chi connectivity index (χ2v) is 5.95. The van der Waals surface area contributed by atoms with Gasteiger partial charge in [0.25, 0.3) is 0 Å². The summed E-state index contributed by atoms with van der Waals surface area (Å²) < 4.78 is 0. The molecule has 1 aromatic rings. The molecule has 0 saturated carbocycles. The van der Waals surface area contributed by atoms with Gasteiger partial charge in [-0.25, -0.2) is 0 Å². The molecular weight excluding hydrogens is 268 g/mol. The van der Waals surface area contributed by atoms with Crippen LogP contribution in [-0.2, 0) is 4.79 Å². The third-order valence-corrected chi connectivity index (χ3v) is 4.08. The van der Waals surface area contributed by atoms with Crippen molar-refractivity contribution in [3.8, 4) is 0 Å². The van der Waals surface area contributed by atoms with E-state index in [1.807, 2.05) is 6.92 Å². The molecule has 1 amide bonds. The largest absolute Gasteiger partial charge is 0.397 e. The van der Waals surface area contributed by atoms with E-state index in [2.05, 4.69) is 12.2 Å². The van der Waals surface area contributed by atoms with Crippen LogP contribution in [0, 0.1) is 0 Å². The quantitative estimate of drug-likeness (QED) is 0.618. The van der Waals surface area contributed by atoms with Crippen molar-refractivity contribution in [2.75, 3.05) is 16.8 Å². The Balaban J connectivity index is 2.50. The van der Waals surface area contributed by atoms with E-state index in [-0.39, 0.29) is 11.2 Å². The normalized spacial score (nSPS) is 12.2. The molecule has 0 radical (unpaired) electrons. The van der Waals surface area contributed by atoms with Gasteiger partial charge in [-0.1, -0.05) is 24.9 Å². The Labute approximate surface area is 117 Å². The van der Waals surface area contributed by atoms with Crippen molar-refractivity contribution in [3.63, 3.8) is 0 Å². The Morgan fingerprint density at radius 3 is 2.89 bits per heavy atom. The summed E-state index contributed by atoms with van der Waals surface area (Å²) >= 11 is 7.49. The molecule has 0 heterocycles. The minimum atomic E-state index is -0.0616. The first-order valence-corrected chi connectivity index (χ1v) is 7.44. The molecule has 18 heavy (non-hydrogen) atoms. The molecule has 0 aromatic heterocycles. The fourth-order valence-corrected chi connectivity index (χ4v) is 2.48. The predicted octanol–water partition coefficient (Wildman–Crippen LogP) is 3.78. The Hall–Kier alpha value is -0.870. The molecule has 1 unspecified atom stereocenters. The third-order valence-electron chi connectivity index (χ3n) is 2.50. The zero-order chi connectivity index (χ0) is 13.5. The number of benzene rings is 1. The highest BCUT2D eigenvalue weighted by Crippen LogP contribution is 2.23. The highest BCUT2D eigenvalue weighted by molar-refractivity contribution is 8.00. The molecule has 1 atom stereocenters. The first-order chi connectivity index (χ1) is 8.54. The molecule has 1 aromatic carbocycles. The number of carbonyl (C=O) groups is 1. The van der Waals surface area contributed by atoms with Crippen molar-refractivity contribution >= 4 is 40.6 Å². The zero-order valence-electron chi connectivity index (χ0n) is 10.7. The van der Waals surface area contributed by atoms with Crippen molar-refractivity contribution in [2.45, 2.75) is 31.9 Å². The molecule has 5 heteroatoms. The number of hydrogen-bond acceptors (Lipinski definition) is 3. The number of anilines is 2. The number of halogens is 1. The van der Waals surface area contributed by atoms with Gasteiger partial charge < -0.3 is 11.1 Å². The summed E-state index contributed by atoms with van der Waals surface area (Å²) in [6.07, 6.45) is 2.28. The van der Waals surface area contributed by atoms with Crippen LogP contribution in [0.15, 0.2) is 18.2 Å². The van der Waals surface area contributed by atoms with Crippen LogP contribution in [0.5, 0.6) is 0 Å². The van der Waals surface area contributed by atoms with E-state index in [0.717, 1.165) is 18.6 Å². The number of hydrogen-bond donors (Lipinski definition) is 2. The highest BCUT2D eigenvalue weighted by Gasteiger charge is 2.13. The average Bonchev–Trinajstić information content (AvgIpc) is 2.34. The molecule has 100 valence electrons. The summed E-state index contributed by atoms with van der Waals surface area (Å²) in [5.74, 6) is 1.01. The number of nitrogens with two attached hydrogens (primary N) is 1. The maximum atomic E-state index is 11.9. The number of rotatable bonds is 6. The highest BCUT2D eigenvalue weighted by atomic mass is 35.5. The lowest BCUT2D eigenvalue weighted by Gasteiger charge is -2.12. The lowest BCUT2D eigenvalue weighted by Crippen LogP contribution is -2.22. The van der Waals surface area contributed by atoms with E-state index in [1.54, 1.807) is 30.0 Å². The summed E-state index contributed by atoms with van der Waals surface area (Å²) in [5.41, 5.74) is 6.84. The van der Waals surface area contributed by atoms with Gasteiger partial charge in [0, 0.05) is 5.69 Å². The van der Waals surface area contributed by atoms with Crippen molar-refractivity contribution in [3.05, 3.63) is 23.2 Å². The van der Waals surface area contributed by atoms with E-state index in [9.17, 15) is 4.79 Å². The summed E-state index contributed by atoms with van der Waals surface area (Å²) in [5, 5.41) is 3.28. The van der Waals surface area contributed by atoms with E-state index in [0.29, 0.717) is 16.4 Å². The van der Waals surface area contributed by atoms with Crippen LogP contribution in [0.2, 0.25) is 5.02 Å². The van der Waals surface area contributed by atoms with E-state index < -0.39 is 0 Å². The summed E-state index contributed by atoms with van der Waals surface area (Å²) in [6, 6.07) is 5.10. The van der Waals surface area contributed by atoms with Crippen molar-refractivity contribution in [2.24, 2.45) is 0 Å². The average molecular weight is 287 g/mol.